The Morgan fingerprint density at radius 3 is 2.62 bits per heavy atom. The van der Waals surface area contributed by atoms with Crippen LogP contribution in [0.4, 0.5) is 0 Å². The largest absolute Gasteiger partial charge is 0.264 e. The molecule has 3 aromatic rings. The lowest BCUT2D eigenvalue weighted by Crippen LogP contribution is -1.91. The molecular formula is C12H8N4. The summed E-state index contributed by atoms with van der Waals surface area (Å²) in [6.45, 7) is 0. The zero-order valence-electron chi connectivity index (χ0n) is 8.41. The Bertz CT molecular complexity index is 622. The van der Waals surface area contributed by atoms with Gasteiger partial charge in [0, 0.05) is 24.2 Å². The number of pyridine rings is 2. The SMILES string of the molecule is c1cncc(-c2ncc3ncccc3n2)c1. The first-order chi connectivity index (χ1) is 7.93. The lowest BCUT2D eigenvalue weighted by Gasteiger charge is -2.00. The van der Waals surface area contributed by atoms with E-state index in [0.717, 1.165) is 16.6 Å². The second kappa shape index (κ2) is 3.66. The molecule has 0 radical (unpaired) electrons. The van der Waals surface area contributed by atoms with Crippen LogP contribution >= 0.6 is 0 Å². The van der Waals surface area contributed by atoms with E-state index in [0.29, 0.717) is 5.82 Å². The highest BCUT2D eigenvalue weighted by atomic mass is 14.9. The third-order valence-electron chi connectivity index (χ3n) is 2.27. The molecule has 0 aromatic carbocycles. The van der Waals surface area contributed by atoms with Crippen LogP contribution in [0.15, 0.2) is 49.1 Å². The van der Waals surface area contributed by atoms with Gasteiger partial charge in [0.25, 0.3) is 0 Å². The number of fused-ring (bicyclic) bond motifs is 1. The minimum Gasteiger partial charge on any atom is -0.264 e. The second-order valence-electron chi connectivity index (χ2n) is 3.34. The van der Waals surface area contributed by atoms with Crippen molar-refractivity contribution < 1.29 is 0 Å². The van der Waals surface area contributed by atoms with E-state index in [4.69, 9.17) is 0 Å². The summed E-state index contributed by atoms with van der Waals surface area (Å²) in [5.41, 5.74) is 2.56. The van der Waals surface area contributed by atoms with Gasteiger partial charge in [-0.2, -0.15) is 0 Å². The lowest BCUT2D eigenvalue weighted by atomic mass is 10.2. The number of aromatic nitrogens is 4. The Balaban J connectivity index is 2.19. The van der Waals surface area contributed by atoms with E-state index >= 15 is 0 Å². The van der Waals surface area contributed by atoms with Crippen molar-refractivity contribution >= 4 is 11.0 Å². The fourth-order valence-electron chi connectivity index (χ4n) is 1.50. The number of nitrogens with zero attached hydrogens (tertiary/aromatic N) is 4. The smallest absolute Gasteiger partial charge is 0.161 e. The molecule has 0 amide bonds. The monoisotopic (exact) mass is 208 g/mol. The average Bonchev–Trinajstić information content (AvgIpc) is 2.39. The van der Waals surface area contributed by atoms with Gasteiger partial charge in [-0.05, 0) is 24.3 Å². The highest BCUT2D eigenvalue weighted by Crippen LogP contribution is 2.15. The first-order valence-electron chi connectivity index (χ1n) is 4.92. The van der Waals surface area contributed by atoms with Crippen molar-refractivity contribution in [3.63, 3.8) is 0 Å². The number of hydrogen-bond donors (Lipinski definition) is 0. The van der Waals surface area contributed by atoms with E-state index in [1.54, 1.807) is 24.8 Å². The van der Waals surface area contributed by atoms with Crippen molar-refractivity contribution in [2.45, 2.75) is 0 Å². The summed E-state index contributed by atoms with van der Waals surface area (Å²) in [6, 6.07) is 7.59. The van der Waals surface area contributed by atoms with E-state index in [1.807, 2.05) is 24.3 Å². The third-order valence-corrected chi connectivity index (χ3v) is 2.27. The standard InChI is InChI=1S/C12H8N4/c1-3-9(7-13-5-1)12-15-8-11-10(16-12)4-2-6-14-11/h1-8H. The predicted molar refractivity (Wildman–Crippen MR) is 60.6 cm³/mol. The maximum absolute atomic E-state index is 4.43. The van der Waals surface area contributed by atoms with Crippen molar-refractivity contribution in [1.82, 2.24) is 19.9 Å². The topological polar surface area (TPSA) is 51.6 Å². The van der Waals surface area contributed by atoms with Gasteiger partial charge >= 0.3 is 0 Å². The normalized spacial score (nSPS) is 10.5. The van der Waals surface area contributed by atoms with Crippen LogP contribution in [0.2, 0.25) is 0 Å². The molecule has 16 heavy (non-hydrogen) atoms. The average molecular weight is 208 g/mol. The fourth-order valence-corrected chi connectivity index (χ4v) is 1.50. The highest BCUT2D eigenvalue weighted by molar-refractivity contribution is 5.74. The Labute approximate surface area is 92.0 Å². The Morgan fingerprint density at radius 1 is 0.812 bits per heavy atom. The first kappa shape index (κ1) is 8.91. The van der Waals surface area contributed by atoms with Crippen LogP contribution in [0.1, 0.15) is 0 Å². The maximum Gasteiger partial charge on any atom is 0.161 e. The minimum absolute atomic E-state index is 0.675. The number of rotatable bonds is 1. The summed E-state index contributed by atoms with van der Waals surface area (Å²) in [4.78, 5) is 16.9. The molecule has 4 nitrogen and oxygen atoms in total. The van der Waals surface area contributed by atoms with Gasteiger partial charge in [0.15, 0.2) is 5.82 Å². The van der Waals surface area contributed by atoms with Crippen molar-refractivity contribution in [2.24, 2.45) is 0 Å². The molecule has 3 rings (SSSR count). The Kier molecular flexibility index (Phi) is 2.04. The van der Waals surface area contributed by atoms with E-state index in [2.05, 4.69) is 19.9 Å². The van der Waals surface area contributed by atoms with Gasteiger partial charge < -0.3 is 0 Å². The molecule has 0 aliphatic heterocycles. The molecule has 0 aliphatic carbocycles. The highest BCUT2D eigenvalue weighted by Gasteiger charge is 2.02. The molecule has 0 atom stereocenters. The zero-order chi connectivity index (χ0) is 10.8. The minimum atomic E-state index is 0.675. The van der Waals surface area contributed by atoms with Crippen molar-refractivity contribution in [2.75, 3.05) is 0 Å². The molecule has 0 bridgehead atoms. The molecule has 0 saturated carbocycles. The summed E-state index contributed by atoms with van der Waals surface area (Å²) in [5, 5.41) is 0. The van der Waals surface area contributed by atoms with Gasteiger partial charge in [0.1, 0.15) is 5.52 Å². The molecule has 4 heteroatoms. The lowest BCUT2D eigenvalue weighted by molar-refractivity contribution is 1.19. The van der Waals surface area contributed by atoms with Gasteiger partial charge in [-0.25, -0.2) is 9.97 Å². The van der Waals surface area contributed by atoms with E-state index < -0.39 is 0 Å². The van der Waals surface area contributed by atoms with Crippen LogP contribution in [0.25, 0.3) is 22.4 Å². The summed E-state index contributed by atoms with van der Waals surface area (Å²) in [5.74, 6) is 0.675. The van der Waals surface area contributed by atoms with Gasteiger partial charge in [0.2, 0.25) is 0 Å². The molecule has 0 fully saturated rings. The van der Waals surface area contributed by atoms with Gasteiger partial charge in [-0.1, -0.05) is 0 Å². The van der Waals surface area contributed by atoms with Crippen molar-refractivity contribution in [3.8, 4) is 11.4 Å². The van der Waals surface area contributed by atoms with Crippen LogP contribution < -0.4 is 0 Å². The third kappa shape index (κ3) is 1.50. The van der Waals surface area contributed by atoms with Crippen LogP contribution in [-0.2, 0) is 0 Å². The molecule has 0 spiro atoms. The molecule has 0 saturated heterocycles. The zero-order valence-corrected chi connectivity index (χ0v) is 8.41. The van der Waals surface area contributed by atoms with Crippen LogP contribution in [0.3, 0.4) is 0 Å². The van der Waals surface area contributed by atoms with E-state index in [1.165, 1.54) is 0 Å². The van der Waals surface area contributed by atoms with Crippen molar-refractivity contribution in [1.29, 1.82) is 0 Å². The molecular weight excluding hydrogens is 200 g/mol. The summed E-state index contributed by atoms with van der Waals surface area (Å²) < 4.78 is 0. The first-order valence-corrected chi connectivity index (χ1v) is 4.92. The Morgan fingerprint density at radius 2 is 1.75 bits per heavy atom. The van der Waals surface area contributed by atoms with Crippen molar-refractivity contribution in [3.05, 3.63) is 49.1 Å². The van der Waals surface area contributed by atoms with E-state index in [9.17, 15) is 0 Å². The van der Waals surface area contributed by atoms with Crippen LogP contribution in [0, 0.1) is 0 Å². The second-order valence-corrected chi connectivity index (χ2v) is 3.34. The summed E-state index contributed by atoms with van der Waals surface area (Å²) in [7, 11) is 0. The molecule has 0 unspecified atom stereocenters. The predicted octanol–water partition coefficient (Wildman–Crippen LogP) is 2.09. The molecule has 0 aliphatic rings. The quantitative estimate of drug-likeness (QED) is 0.614. The van der Waals surface area contributed by atoms with Crippen LogP contribution in [0.5, 0.6) is 0 Å². The summed E-state index contributed by atoms with van der Waals surface area (Å²) in [6.07, 6.45) is 6.93. The molecule has 3 aromatic heterocycles. The van der Waals surface area contributed by atoms with Gasteiger partial charge in [-0.3, -0.25) is 9.97 Å². The van der Waals surface area contributed by atoms with Crippen LogP contribution in [-0.4, -0.2) is 19.9 Å². The fraction of sp³-hybridized carbons (Fsp3) is 0. The molecule has 76 valence electrons. The van der Waals surface area contributed by atoms with Gasteiger partial charge in [0.05, 0.1) is 11.7 Å². The molecule has 0 N–H and O–H groups in total. The Hall–Kier alpha value is -2.36. The molecule has 3 heterocycles. The number of hydrogen-bond acceptors (Lipinski definition) is 4. The summed E-state index contributed by atoms with van der Waals surface area (Å²) >= 11 is 0. The maximum atomic E-state index is 4.43. The van der Waals surface area contributed by atoms with Gasteiger partial charge in [-0.15, -0.1) is 0 Å². The van der Waals surface area contributed by atoms with E-state index in [-0.39, 0.29) is 0 Å².